The molecule has 102 valence electrons. The number of ketones is 1. The van der Waals surface area contributed by atoms with Crippen LogP contribution in [-0.2, 0) is 6.42 Å². The number of nitrogens with zero attached hydrogens (tertiary/aromatic N) is 1. The van der Waals surface area contributed by atoms with Gasteiger partial charge < -0.3 is 0 Å². The van der Waals surface area contributed by atoms with Crippen molar-refractivity contribution in [3.8, 4) is 0 Å². The summed E-state index contributed by atoms with van der Waals surface area (Å²) in [6.07, 6.45) is 0.138. The predicted molar refractivity (Wildman–Crippen MR) is 72.3 cm³/mol. The molecule has 0 unspecified atom stereocenters. The van der Waals surface area contributed by atoms with Crippen LogP contribution < -0.4 is 0 Å². The van der Waals surface area contributed by atoms with E-state index in [0.717, 1.165) is 0 Å². The topological polar surface area (TPSA) is 60.2 Å². The van der Waals surface area contributed by atoms with E-state index in [4.69, 9.17) is 0 Å². The Hall–Kier alpha value is -2.56. The number of hydrogen-bond acceptors (Lipinski definition) is 3. The summed E-state index contributed by atoms with van der Waals surface area (Å²) < 4.78 is 12.8. The van der Waals surface area contributed by atoms with E-state index in [-0.39, 0.29) is 23.7 Å². The molecule has 5 heteroatoms. The van der Waals surface area contributed by atoms with Crippen molar-refractivity contribution in [3.63, 3.8) is 0 Å². The monoisotopic (exact) mass is 273 g/mol. The summed E-state index contributed by atoms with van der Waals surface area (Å²) in [5.74, 6) is -0.503. The number of benzene rings is 2. The summed E-state index contributed by atoms with van der Waals surface area (Å²) in [6, 6.07) is 9.83. The molecule has 0 aliphatic rings. The molecule has 0 atom stereocenters. The number of aryl methyl sites for hydroxylation is 1. The molecule has 0 spiro atoms. The molecule has 0 aromatic heterocycles. The fraction of sp³-hybridized carbons (Fsp3) is 0.133. The lowest BCUT2D eigenvalue weighted by Gasteiger charge is -2.05. The fourth-order valence-electron chi connectivity index (χ4n) is 1.96. The van der Waals surface area contributed by atoms with Gasteiger partial charge in [0.1, 0.15) is 5.82 Å². The van der Waals surface area contributed by atoms with Gasteiger partial charge in [-0.3, -0.25) is 14.9 Å². The van der Waals surface area contributed by atoms with Gasteiger partial charge in [0.15, 0.2) is 5.78 Å². The van der Waals surface area contributed by atoms with Crippen LogP contribution in [0.1, 0.15) is 21.5 Å². The first-order valence-electron chi connectivity index (χ1n) is 6.00. The summed E-state index contributed by atoms with van der Waals surface area (Å²) in [4.78, 5) is 22.3. The molecule has 2 rings (SSSR count). The molecule has 0 saturated carbocycles. The van der Waals surface area contributed by atoms with Gasteiger partial charge in [0.25, 0.3) is 5.69 Å². The summed E-state index contributed by atoms with van der Waals surface area (Å²) >= 11 is 0. The Balaban J connectivity index is 2.21. The van der Waals surface area contributed by atoms with E-state index >= 15 is 0 Å². The van der Waals surface area contributed by atoms with Crippen LogP contribution in [0.25, 0.3) is 0 Å². The molecule has 0 heterocycles. The maximum absolute atomic E-state index is 12.8. The molecule has 2 aromatic rings. The van der Waals surface area contributed by atoms with Crippen molar-refractivity contribution < 1.29 is 14.1 Å². The molecule has 0 aliphatic carbocycles. The van der Waals surface area contributed by atoms with Gasteiger partial charge in [-0.1, -0.05) is 12.1 Å². The molecule has 20 heavy (non-hydrogen) atoms. The molecule has 0 amide bonds. The molecular weight excluding hydrogens is 261 g/mol. The van der Waals surface area contributed by atoms with Gasteiger partial charge in [-0.05, 0) is 36.2 Å². The van der Waals surface area contributed by atoms with Gasteiger partial charge in [0, 0.05) is 24.1 Å². The zero-order valence-electron chi connectivity index (χ0n) is 10.8. The number of carbonyl (C=O) groups is 1. The molecule has 0 fully saturated rings. The quantitative estimate of drug-likeness (QED) is 0.487. The largest absolute Gasteiger partial charge is 0.294 e. The third-order valence-electron chi connectivity index (χ3n) is 3.00. The van der Waals surface area contributed by atoms with Crippen LogP contribution >= 0.6 is 0 Å². The minimum Gasteiger partial charge on any atom is -0.294 e. The molecule has 0 bridgehead atoms. The molecule has 0 N–H and O–H groups in total. The number of Topliss-reactive ketones (excluding diaryl/α,β-unsaturated/α-hetero) is 1. The number of rotatable bonds is 4. The maximum atomic E-state index is 12.8. The molecule has 4 nitrogen and oxygen atoms in total. The van der Waals surface area contributed by atoms with E-state index in [1.165, 1.54) is 30.3 Å². The van der Waals surface area contributed by atoms with E-state index in [9.17, 15) is 19.3 Å². The number of carbonyl (C=O) groups excluding carboxylic acids is 1. The van der Waals surface area contributed by atoms with E-state index in [1.807, 2.05) is 0 Å². The number of nitro benzene ring substituents is 1. The number of non-ortho nitro benzene ring substituents is 1. The Morgan fingerprint density at radius 1 is 1.20 bits per heavy atom. The van der Waals surface area contributed by atoms with Crippen LogP contribution in [0.5, 0.6) is 0 Å². The third-order valence-corrected chi connectivity index (χ3v) is 3.00. The molecular formula is C15H12FNO3. The highest BCUT2D eigenvalue weighted by Gasteiger charge is 2.14. The van der Waals surface area contributed by atoms with Crippen LogP contribution in [0.15, 0.2) is 42.5 Å². The standard InChI is InChI=1S/C15H12FNO3/c1-10-8-13(17(19)20)6-7-14(10)15(18)9-11-2-4-12(16)5-3-11/h2-8H,9H2,1H3. The normalized spacial score (nSPS) is 10.3. The Bertz CT molecular complexity index is 665. The smallest absolute Gasteiger partial charge is 0.269 e. The summed E-state index contributed by atoms with van der Waals surface area (Å²) in [7, 11) is 0. The maximum Gasteiger partial charge on any atom is 0.269 e. The number of halogens is 1. The van der Waals surface area contributed by atoms with E-state index in [1.54, 1.807) is 19.1 Å². The number of nitro groups is 1. The second-order valence-corrected chi connectivity index (χ2v) is 4.48. The van der Waals surface area contributed by atoms with Crippen LogP contribution in [0.4, 0.5) is 10.1 Å². The lowest BCUT2D eigenvalue weighted by molar-refractivity contribution is -0.384. The highest BCUT2D eigenvalue weighted by molar-refractivity contribution is 5.99. The first-order valence-corrected chi connectivity index (χ1v) is 6.00. The van der Waals surface area contributed by atoms with Crippen molar-refractivity contribution in [2.75, 3.05) is 0 Å². The zero-order chi connectivity index (χ0) is 14.7. The summed E-state index contributed by atoms with van der Waals surface area (Å²) in [6.45, 7) is 1.66. The molecule has 0 aliphatic heterocycles. The average molecular weight is 273 g/mol. The Kier molecular flexibility index (Phi) is 3.89. The minimum atomic E-state index is -0.499. The Morgan fingerprint density at radius 3 is 2.40 bits per heavy atom. The number of hydrogen-bond donors (Lipinski definition) is 0. The van der Waals surface area contributed by atoms with Crippen molar-refractivity contribution >= 4 is 11.5 Å². The van der Waals surface area contributed by atoms with Crippen molar-refractivity contribution in [1.82, 2.24) is 0 Å². The summed E-state index contributed by atoms with van der Waals surface area (Å²) in [5, 5.41) is 10.6. The molecule has 0 saturated heterocycles. The van der Waals surface area contributed by atoms with Crippen LogP contribution in [-0.4, -0.2) is 10.7 Å². The fourth-order valence-corrected chi connectivity index (χ4v) is 1.96. The van der Waals surface area contributed by atoms with Gasteiger partial charge >= 0.3 is 0 Å². The van der Waals surface area contributed by atoms with E-state index in [2.05, 4.69) is 0 Å². The van der Waals surface area contributed by atoms with Gasteiger partial charge in [0.2, 0.25) is 0 Å². The first-order chi connectivity index (χ1) is 9.47. The lowest BCUT2D eigenvalue weighted by Crippen LogP contribution is -2.06. The van der Waals surface area contributed by atoms with Gasteiger partial charge in [-0.2, -0.15) is 0 Å². The van der Waals surface area contributed by atoms with Crippen molar-refractivity contribution in [1.29, 1.82) is 0 Å². The summed E-state index contributed by atoms with van der Waals surface area (Å²) in [5.41, 5.74) is 1.67. The zero-order valence-corrected chi connectivity index (χ0v) is 10.8. The second kappa shape index (κ2) is 5.61. The van der Waals surface area contributed by atoms with Crippen molar-refractivity contribution in [2.45, 2.75) is 13.3 Å². The molecule has 2 aromatic carbocycles. The van der Waals surface area contributed by atoms with Crippen LogP contribution in [0.2, 0.25) is 0 Å². The predicted octanol–water partition coefficient (Wildman–Crippen LogP) is 3.47. The van der Waals surface area contributed by atoms with Crippen molar-refractivity contribution in [3.05, 3.63) is 75.1 Å². The van der Waals surface area contributed by atoms with E-state index in [0.29, 0.717) is 16.7 Å². The van der Waals surface area contributed by atoms with Crippen LogP contribution in [0, 0.1) is 22.9 Å². The van der Waals surface area contributed by atoms with Gasteiger partial charge in [-0.25, -0.2) is 4.39 Å². The minimum absolute atomic E-state index is 0.0409. The third kappa shape index (κ3) is 3.06. The highest BCUT2D eigenvalue weighted by atomic mass is 19.1. The van der Waals surface area contributed by atoms with E-state index < -0.39 is 4.92 Å². The Morgan fingerprint density at radius 2 is 1.85 bits per heavy atom. The lowest BCUT2D eigenvalue weighted by atomic mass is 9.99. The Labute approximate surface area is 115 Å². The second-order valence-electron chi connectivity index (χ2n) is 4.48. The molecule has 0 radical (unpaired) electrons. The first kappa shape index (κ1) is 13.9. The average Bonchev–Trinajstić information content (AvgIpc) is 2.41. The van der Waals surface area contributed by atoms with Crippen LogP contribution in [0.3, 0.4) is 0 Å². The highest BCUT2D eigenvalue weighted by Crippen LogP contribution is 2.19. The van der Waals surface area contributed by atoms with Gasteiger partial charge in [0.05, 0.1) is 4.92 Å². The van der Waals surface area contributed by atoms with Crippen molar-refractivity contribution in [2.24, 2.45) is 0 Å². The SMILES string of the molecule is Cc1cc([N+](=O)[O-])ccc1C(=O)Cc1ccc(F)cc1. The van der Waals surface area contributed by atoms with Gasteiger partial charge in [-0.15, -0.1) is 0 Å².